The lowest BCUT2D eigenvalue weighted by Gasteiger charge is -2.27. The maximum absolute atomic E-state index is 14.2. The van der Waals surface area contributed by atoms with Gasteiger partial charge >= 0.3 is 13.7 Å². The highest BCUT2D eigenvalue weighted by atomic mass is 35.5. The molecule has 0 radical (unpaired) electrons. The van der Waals surface area contributed by atoms with Crippen molar-refractivity contribution < 1.29 is 33.0 Å². The summed E-state index contributed by atoms with van der Waals surface area (Å²) < 4.78 is 39.2. The van der Waals surface area contributed by atoms with Gasteiger partial charge in [-0.25, -0.2) is 9.55 Å². The van der Waals surface area contributed by atoms with Gasteiger partial charge in [-0.15, -0.1) is 0 Å². The number of para-hydroxylation sites is 1. The molecule has 1 saturated heterocycles. The topological polar surface area (TPSA) is 173 Å². The minimum Gasteiger partial charge on any atom is -0.457 e. The molecular weight excluding hydrogens is 587 g/mol. The van der Waals surface area contributed by atoms with Crippen LogP contribution in [0.5, 0.6) is 5.75 Å². The molecule has 2 aromatic heterocycles. The van der Waals surface area contributed by atoms with Crippen LogP contribution < -0.4 is 15.3 Å². The van der Waals surface area contributed by atoms with E-state index in [9.17, 15) is 14.5 Å². The molecule has 4 aromatic rings. The summed E-state index contributed by atoms with van der Waals surface area (Å²) in [6, 6.07) is 16.5. The molecule has 15 heteroatoms. The number of anilines is 1. The van der Waals surface area contributed by atoms with E-state index in [4.69, 9.17) is 35.9 Å². The van der Waals surface area contributed by atoms with Gasteiger partial charge in [-0.3, -0.25) is 13.9 Å². The third-order valence-corrected chi connectivity index (χ3v) is 8.47. The summed E-state index contributed by atoms with van der Waals surface area (Å²) in [6.45, 7) is 2.78. The van der Waals surface area contributed by atoms with E-state index < -0.39 is 50.9 Å². The lowest BCUT2D eigenvalue weighted by atomic mass is 10.1. The number of fused-ring (bicyclic) bond motifs is 1. The number of aliphatic hydroxyl groups excluding tert-OH is 1. The van der Waals surface area contributed by atoms with E-state index in [2.05, 4.69) is 20.0 Å². The number of aromatic nitrogens is 4. The van der Waals surface area contributed by atoms with E-state index in [1.807, 2.05) is 30.3 Å². The SMILES string of the molecule is C[C@H](NP(=O)(Oc1ccccc1)O[C@@H]1C[C@H](n2cnc3c(N)nc(Cl)nc32)OC1CO)C(=O)O[C@@H](C)c1ccccc1. The Hall–Kier alpha value is -3.58. The Labute approximate surface area is 246 Å². The summed E-state index contributed by atoms with van der Waals surface area (Å²) >= 11 is 6.00. The number of ether oxygens (including phenoxy) is 2. The number of aliphatic hydroxyl groups is 1. The maximum Gasteiger partial charge on any atom is 0.459 e. The molecule has 0 spiro atoms. The van der Waals surface area contributed by atoms with Crippen molar-refractivity contribution in [3.63, 3.8) is 0 Å². The number of carbonyl (C=O) groups is 1. The van der Waals surface area contributed by atoms with Gasteiger partial charge in [0.1, 0.15) is 41.8 Å². The molecule has 1 fully saturated rings. The molecule has 0 aliphatic carbocycles. The second-order valence-electron chi connectivity index (χ2n) is 9.64. The average Bonchev–Trinajstić information content (AvgIpc) is 3.57. The number of benzene rings is 2. The Bertz CT molecular complexity index is 1580. The summed E-state index contributed by atoms with van der Waals surface area (Å²) in [5.41, 5.74) is 7.37. The van der Waals surface area contributed by atoms with E-state index in [0.29, 0.717) is 11.2 Å². The summed E-state index contributed by atoms with van der Waals surface area (Å²) in [7, 11) is -4.27. The second kappa shape index (κ2) is 12.7. The van der Waals surface area contributed by atoms with E-state index in [-0.39, 0.29) is 23.3 Å². The summed E-state index contributed by atoms with van der Waals surface area (Å²) in [6.07, 6.45) is -1.54. The van der Waals surface area contributed by atoms with Crippen LogP contribution in [0.25, 0.3) is 11.2 Å². The lowest BCUT2D eigenvalue weighted by molar-refractivity contribution is -0.150. The Morgan fingerprint density at radius 1 is 1.19 bits per heavy atom. The fourth-order valence-electron chi connectivity index (χ4n) is 4.50. The number of halogens is 1. The van der Waals surface area contributed by atoms with Crippen molar-refractivity contribution in [1.29, 1.82) is 0 Å². The van der Waals surface area contributed by atoms with Crippen LogP contribution in [-0.4, -0.2) is 55.5 Å². The van der Waals surface area contributed by atoms with Crippen LogP contribution in [0, 0.1) is 0 Å². The molecule has 0 saturated carbocycles. The van der Waals surface area contributed by atoms with Gasteiger partial charge in [0.2, 0.25) is 5.28 Å². The van der Waals surface area contributed by atoms with Crippen molar-refractivity contribution in [2.24, 2.45) is 0 Å². The predicted octanol–water partition coefficient (Wildman–Crippen LogP) is 4.20. The molecule has 1 aliphatic rings. The van der Waals surface area contributed by atoms with Crippen LogP contribution in [0.15, 0.2) is 67.0 Å². The van der Waals surface area contributed by atoms with Crippen molar-refractivity contribution in [1.82, 2.24) is 24.6 Å². The number of nitrogens with one attached hydrogen (secondary N) is 1. The normalized spacial score (nSPS) is 21.5. The van der Waals surface area contributed by atoms with Gasteiger partial charge in [0.15, 0.2) is 11.5 Å². The summed E-state index contributed by atoms with van der Waals surface area (Å²) in [5, 5.41) is 12.7. The molecule has 2 unspecified atom stereocenters. The van der Waals surface area contributed by atoms with Crippen LogP contribution in [0.2, 0.25) is 5.28 Å². The lowest BCUT2D eigenvalue weighted by Crippen LogP contribution is -2.37. The van der Waals surface area contributed by atoms with Crippen LogP contribution in [0.4, 0.5) is 5.82 Å². The quantitative estimate of drug-likeness (QED) is 0.125. The molecule has 13 nitrogen and oxygen atoms in total. The fourth-order valence-corrected chi connectivity index (χ4v) is 6.39. The monoisotopic (exact) mass is 616 g/mol. The van der Waals surface area contributed by atoms with E-state index >= 15 is 0 Å². The first-order valence-electron chi connectivity index (χ1n) is 13.1. The number of hydrogen-bond donors (Lipinski definition) is 3. The molecule has 6 atom stereocenters. The smallest absolute Gasteiger partial charge is 0.457 e. The number of rotatable bonds is 11. The zero-order valence-electron chi connectivity index (χ0n) is 22.7. The zero-order chi connectivity index (χ0) is 29.9. The van der Waals surface area contributed by atoms with Gasteiger partial charge < -0.3 is 24.8 Å². The van der Waals surface area contributed by atoms with Crippen LogP contribution in [-0.2, 0) is 23.4 Å². The van der Waals surface area contributed by atoms with Crippen LogP contribution in [0.1, 0.15) is 38.2 Å². The Morgan fingerprint density at radius 2 is 1.88 bits per heavy atom. The van der Waals surface area contributed by atoms with Crippen molar-refractivity contribution in [2.45, 2.75) is 50.8 Å². The van der Waals surface area contributed by atoms with Crippen LogP contribution in [0.3, 0.4) is 0 Å². The van der Waals surface area contributed by atoms with Gasteiger partial charge in [0, 0.05) is 6.42 Å². The molecule has 0 bridgehead atoms. The number of carbonyl (C=O) groups excluding carboxylic acids is 1. The van der Waals surface area contributed by atoms with Crippen molar-refractivity contribution in [2.75, 3.05) is 12.3 Å². The fraction of sp³-hybridized carbons (Fsp3) is 0.333. The summed E-state index contributed by atoms with van der Waals surface area (Å²) in [5.74, 6) is -0.323. The molecule has 4 N–H and O–H groups in total. The molecular formula is C27H30ClN6O7P. The van der Waals surface area contributed by atoms with Crippen LogP contribution >= 0.6 is 19.3 Å². The van der Waals surface area contributed by atoms with Crippen molar-refractivity contribution in [3.05, 3.63) is 77.8 Å². The summed E-state index contributed by atoms with van der Waals surface area (Å²) in [4.78, 5) is 25.3. The minimum atomic E-state index is -4.27. The Balaban J connectivity index is 1.35. The number of esters is 1. The number of imidazole rings is 1. The highest BCUT2D eigenvalue weighted by Crippen LogP contribution is 2.49. The van der Waals surface area contributed by atoms with Crippen molar-refractivity contribution in [3.8, 4) is 5.75 Å². The molecule has 2 aromatic carbocycles. The molecule has 222 valence electrons. The van der Waals surface area contributed by atoms with E-state index in [1.165, 1.54) is 13.3 Å². The predicted molar refractivity (Wildman–Crippen MR) is 153 cm³/mol. The van der Waals surface area contributed by atoms with Gasteiger partial charge in [-0.1, -0.05) is 48.5 Å². The second-order valence-corrected chi connectivity index (χ2v) is 11.6. The first-order valence-corrected chi connectivity index (χ1v) is 15.1. The Kier molecular flexibility index (Phi) is 9.07. The third kappa shape index (κ3) is 6.73. The van der Waals surface area contributed by atoms with Crippen molar-refractivity contribution >= 4 is 42.3 Å². The van der Waals surface area contributed by atoms with Gasteiger partial charge in [-0.05, 0) is 43.1 Å². The highest BCUT2D eigenvalue weighted by Gasteiger charge is 2.44. The average molecular weight is 617 g/mol. The highest BCUT2D eigenvalue weighted by molar-refractivity contribution is 7.52. The molecule has 0 amide bonds. The number of nitrogen functional groups attached to an aromatic ring is 1. The van der Waals surface area contributed by atoms with Gasteiger partial charge in [-0.2, -0.15) is 15.1 Å². The number of hydrogen-bond acceptors (Lipinski definition) is 11. The third-order valence-electron chi connectivity index (χ3n) is 6.60. The van der Waals surface area contributed by atoms with Gasteiger partial charge in [0.05, 0.1) is 12.9 Å². The van der Waals surface area contributed by atoms with E-state index in [0.717, 1.165) is 5.56 Å². The van der Waals surface area contributed by atoms with Gasteiger partial charge in [0.25, 0.3) is 0 Å². The first-order chi connectivity index (χ1) is 20.2. The Morgan fingerprint density at radius 3 is 2.57 bits per heavy atom. The molecule has 42 heavy (non-hydrogen) atoms. The molecule has 5 rings (SSSR count). The zero-order valence-corrected chi connectivity index (χ0v) is 24.4. The standard InChI is InChI=1S/C27H30ClN6O7P/c1-16(26(36)38-17(2)18-9-5-3-6-10-18)33-42(37,40-19-11-7-4-8-12-19)41-20-13-22(39-21(20)14-35)34-15-30-23-24(29)31-27(28)32-25(23)34/h3-12,15-17,20-22,35H,13-14H2,1-2H3,(H,33,37)(H2,29,31,32)/t16-,17-,20+,21?,22+,42?/m0/s1. The maximum atomic E-state index is 14.2. The molecule has 3 heterocycles. The molecule has 1 aliphatic heterocycles. The first kappa shape index (κ1) is 29.9. The number of nitrogens with two attached hydrogens (primary N) is 1. The minimum absolute atomic E-state index is 0.0707. The number of nitrogens with zero attached hydrogens (tertiary/aromatic N) is 4. The van der Waals surface area contributed by atoms with E-state index in [1.54, 1.807) is 41.8 Å². The largest absolute Gasteiger partial charge is 0.459 e.